The van der Waals surface area contributed by atoms with Crippen molar-refractivity contribution in [2.75, 3.05) is 0 Å². The van der Waals surface area contributed by atoms with E-state index in [1.165, 1.54) is 0 Å². The highest BCUT2D eigenvalue weighted by atomic mass is 35.5. The Bertz CT molecular complexity index is 504. The van der Waals surface area contributed by atoms with Gasteiger partial charge in [0.1, 0.15) is 0 Å². The Morgan fingerprint density at radius 3 is 2.29 bits per heavy atom. The molecule has 0 saturated carbocycles. The zero-order valence-corrected chi connectivity index (χ0v) is 9.18. The summed E-state index contributed by atoms with van der Waals surface area (Å²) in [6.45, 7) is 0. The topological polar surface area (TPSA) is 41.6 Å². The third-order valence-corrected chi connectivity index (χ3v) is 2.43. The predicted molar refractivity (Wildman–Crippen MR) is 56.4 cm³/mol. The lowest BCUT2D eigenvalue weighted by atomic mass is 10.1. The summed E-state index contributed by atoms with van der Waals surface area (Å²) < 4.78 is 36.9. The van der Waals surface area contributed by atoms with Crippen LogP contribution in [0.4, 0.5) is 13.2 Å². The summed E-state index contributed by atoms with van der Waals surface area (Å²) in [5.74, 6) is -0.741. The van der Waals surface area contributed by atoms with Crippen molar-refractivity contribution in [3.63, 3.8) is 0 Å². The van der Waals surface area contributed by atoms with Gasteiger partial charge in [-0.1, -0.05) is 24.3 Å². The molecule has 3 nitrogen and oxygen atoms in total. The molecule has 0 bridgehead atoms. The lowest BCUT2D eigenvalue weighted by molar-refractivity contribution is -0.144. The number of halogens is 4. The van der Waals surface area contributed by atoms with Crippen molar-refractivity contribution in [2.45, 2.75) is 12.1 Å². The quantitative estimate of drug-likeness (QED) is 0.844. The number of rotatable bonds is 2. The van der Waals surface area contributed by atoms with Crippen LogP contribution in [0.15, 0.2) is 24.3 Å². The van der Waals surface area contributed by atoms with Gasteiger partial charge in [0.15, 0.2) is 5.82 Å². The summed E-state index contributed by atoms with van der Waals surface area (Å²) in [6, 6.07) is 6.68. The van der Waals surface area contributed by atoms with Gasteiger partial charge < -0.3 is 0 Å². The van der Waals surface area contributed by atoms with Gasteiger partial charge in [-0.25, -0.2) is 4.98 Å². The second kappa shape index (κ2) is 4.37. The second-order valence-corrected chi connectivity index (χ2v) is 3.60. The molecule has 0 saturated heterocycles. The van der Waals surface area contributed by atoms with Crippen LogP contribution in [0.3, 0.4) is 0 Å². The normalized spacial score (nSPS) is 11.8. The number of H-pyrrole nitrogens is 1. The Kier molecular flexibility index (Phi) is 3.06. The molecule has 7 heteroatoms. The average Bonchev–Trinajstić information content (AvgIpc) is 2.78. The number of aromatic amines is 1. The smallest absolute Gasteiger partial charge is 0.255 e. The lowest BCUT2D eigenvalue weighted by Crippen LogP contribution is -2.07. The summed E-state index contributed by atoms with van der Waals surface area (Å²) in [5, 5.41) is 5.38. The SMILES string of the molecule is FC(F)(F)c1nc(-c2ccc(CCl)cc2)n[nH]1. The van der Waals surface area contributed by atoms with Crippen molar-refractivity contribution in [2.24, 2.45) is 0 Å². The first-order chi connectivity index (χ1) is 8.00. The summed E-state index contributed by atoms with van der Waals surface area (Å²) in [7, 11) is 0. The van der Waals surface area contributed by atoms with Crippen molar-refractivity contribution >= 4 is 11.6 Å². The summed E-state index contributed by atoms with van der Waals surface area (Å²) >= 11 is 5.60. The molecule has 1 aromatic heterocycles. The van der Waals surface area contributed by atoms with E-state index in [-0.39, 0.29) is 5.82 Å². The number of hydrogen-bond donors (Lipinski definition) is 1. The van der Waals surface area contributed by atoms with Crippen molar-refractivity contribution < 1.29 is 13.2 Å². The number of nitrogens with one attached hydrogen (secondary N) is 1. The van der Waals surface area contributed by atoms with E-state index >= 15 is 0 Å². The van der Waals surface area contributed by atoms with E-state index < -0.39 is 12.0 Å². The molecule has 0 amide bonds. The van der Waals surface area contributed by atoms with Crippen LogP contribution >= 0.6 is 11.6 Å². The summed E-state index contributed by atoms with van der Waals surface area (Å²) in [4.78, 5) is 3.38. The summed E-state index contributed by atoms with van der Waals surface area (Å²) in [5.41, 5.74) is 1.38. The molecular weight excluding hydrogens is 255 g/mol. The maximum absolute atomic E-state index is 12.3. The van der Waals surface area contributed by atoms with Gasteiger partial charge in [0.25, 0.3) is 0 Å². The maximum Gasteiger partial charge on any atom is 0.451 e. The van der Waals surface area contributed by atoms with Crippen LogP contribution in [-0.2, 0) is 12.1 Å². The van der Waals surface area contributed by atoms with Crippen LogP contribution < -0.4 is 0 Å². The maximum atomic E-state index is 12.3. The van der Waals surface area contributed by atoms with E-state index in [1.807, 2.05) is 5.10 Å². The van der Waals surface area contributed by atoms with Crippen LogP contribution in [0.2, 0.25) is 0 Å². The van der Waals surface area contributed by atoms with Crippen molar-refractivity contribution in [3.05, 3.63) is 35.7 Å². The zero-order valence-electron chi connectivity index (χ0n) is 8.42. The van der Waals surface area contributed by atoms with E-state index in [1.54, 1.807) is 24.3 Å². The van der Waals surface area contributed by atoms with Crippen LogP contribution in [0.1, 0.15) is 11.4 Å². The van der Waals surface area contributed by atoms with Crippen molar-refractivity contribution in [3.8, 4) is 11.4 Å². The lowest BCUT2D eigenvalue weighted by Gasteiger charge is -1.99. The molecule has 0 aliphatic heterocycles. The van der Waals surface area contributed by atoms with Gasteiger partial charge in [-0.05, 0) is 5.56 Å². The Labute approximate surface area is 99.6 Å². The van der Waals surface area contributed by atoms with Crippen LogP contribution in [-0.4, -0.2) is 15.2 Å². The molecule has 2 rings (SSSR count). The predicted octanol–water partition coefficient (Wildman–Crippen LogP) is 3.23. The van der Waals surface area contributed by atoms with Gasteiger partial charge in [-0.15, -0.1) is 11.6 Å². The molecule has 0 fully saturated rings. The molecule has 0 radical (unpaired) electrons. The fourth-order valence-corrected chi connectivity index (χ4v) is 1.44. The van der Waals surface area contributed by atoms with Crippen molar-refractivity contribution in [1.82, 2.24) is 15.2 Å². The Morgan fingerprint density at radius 2 is 1.82 bits per heavy atom. The number of aromatic nitrogens is 3. The first-order valence-electron chi connectivity index (χ1n) is 4.65. The molecule has 1 aromatic carbocycles. The fraction of sp³-hybridized carbons (Fsp3) is 0.200. The average molecular weight is 262 g/mol. The van der Waals surface area contributed by atoms with Crippen LogP contribution in [0, 0.1) is 0 Å². The van der Waals surface area contributed by atoms with Crippen molar-refractivity contribution in [1.29, 1.82) is 0 Å². The number of alkyl halides is 4. The van der Waals surface area contributed by atoms with E-state index in [9.17, 15) is 13.2 Å². The molecule has 0 spiro atoms. The second-order valence-electron chi connectivity index (χ2n) is 3.34. The number of hydrogen-bond acceptors (Lipinski definition) is 2. The standard InChI is InChI=1S/C10H7ClF3N3/c11-5-6-1-3-7(4-2-6)8-15-9(17-16-8)10(12,13)14/h1-4H,5H2,(H,15,16,17). The molecule has 1 N–H and O–H groups in total. The van der Waals surface area contributed by atoms with Gasteiger partial charge in [0.05, 0.1) is 0 Å². The van der Waals surface area contributed by atoms with E-state index in [2.05, 4.69) is 10.1 Å². The number of benzene rings is 1. The molecule has 0 atom stereocenters. The monoisotopic (exact) mass is 261 g/mol. The Morgan fingerprint density at radius 1 is 1.18 bits per heavy atom. The molecule has 17 heavy (non-hydrogen) atoms. The molecule has 0 aliphatic rings. The van der Waals surface area contributed by atoms with Gasteiger partial charge in [0, 0.05) is 11.4 Å². The van der Waals surface area contributed by atoms with E-state index in [0.29, 0.717) is 11.4 Å². The van der Waals surface area contributed by atoms with Crippen LogP contribution in [0.25, 0.3) is 11.4 Å². The molecule has 90 valence electrons. The molecular formula is C10H7ClF3N3. The van der Waals surface area contributed by atoms with E-state index in [0.717, 1.165) is 5.56 Å². The zero-order chi connectivity index (χ0) is 12.5. The Hall–Kier alpha value is -1.56. The highest BCUT2D eigenvalue weighted by molar-refractivity contribution is 6.17. The van der Waals surface area contributed by atoms with Gasteiger partial charge >= 0.3 is 6.18 Å². The minimum absolute atomic E-state index is 0.0125. The Balaban J connectivity index is 2.30. The molecule has 2 aromatic rings. The van der Waals surface area contributed by atoms with Gasteiger partial charge in [0.2, 0.25) is 5.82 Å². The minimum atomic E-state index is -4.51. The third kappa shape index (κ3) is 2.58. The molecule has 1 heterocycles. The largest absolute Gasteiger partial charge is 0.451 e. The minimum Gasteiger partial charge on any atom is -0.255 e. The number of nitrogens with zero attached hydrogens (tertiary/aromatic N) is 2. The molecule has 0 aliphatic carbocycles. The molecule has 0 unspecified atom stereocenters. The highest BCUT2D eigenvalue weighted by Gasteiger charge is 2.35. The first kappa shape index (κ1) is 11.9. The first-order valence-corrected chi connectivity index (χ1v) is 5.19. The van der Waals surface area contributed by atoms with Gasteiger partial charge in [-0.3, -0.25) is 5.10 Å². The fourth-order valence-electron chi connectivity index (χ4n) is 1.26. The van der Waals surface area contributed by atoms with Crippen LogP contribution in [0.5, 0.6) is 0 Å². The summed E-state index contributed by atoms with van der Waals surface area (Å²) in [6.07, 6.45) is -4.51. The highest BCUT2D eigenvalue weighted by Crippen LogP contribution is 2.27. The van der Waals surface area contributed by atoms with E-state index in [4.69, 9.17) is 11.6 Å². The van der Waals surface area contributed by atoms with Gasteiger partial charge in [-0.2, -0.15) is 18.3 Å². The third-order valence-electron chi connectivity index (χ3n) is 2.12.